The molecule has 0 aliphatic heterocycles. The van der Waals surface area contributed by atoms with Crippen molar-refractivity contribution in [3.8, 4) is 22.3 Å². The summed E-state index contributed by atoms with van der Waals surface area (Å²) < 4.78 is 1.02. The van der Waals surface area contributed by atoms with Crippen LogP contribution < -0.4 is 0 Å². The van der Waals surface area contributed by atoms with Gasteiger partial charge in [0, 0.05) is 0 Å². The quantitative estimate of drug-likeness (QED) is 0.141. The van der Waals surface area contributed by atoms with Crippen molar-refractivity contribution in [1.29, 1.82) is 0 Å². The van der Waals surface area contributed by atoms with Crippen molar-refractivity contribution < 1.29 is 20.6 Å². The Morgan fingerprint density at radius 3 is 1.19 bits per heavy atom. The second kappa shape index (κ2) is 13.1. The third-order valence-electron chi connectivity index (χ3n) is 10.5. The van der Waals surface area contributed by atoms with Gasteiger partial charge in [-0.3, -0.25) is 0 Å². The van der Waals surface area contributed by atoms with Gasteiger partial charge in [0.25, 0.3) is 0 Å². The van der Waals surface area contributed by atoms with Crippen LogP contribution in [0.15, 0.2) is 146 Å². The molecule has 2 aliphatic carbocycles. The van der Waals surface area contributed by atoms with E-state index in [0.717, 1.165) is 0 Å². The monoisotopic (exact) mass is 801 g/mol. The molecule has 2 heteroatoms. The molecule has 0 fully saturated rings. The Morgan fingerprint density at radius 2 is 0.792 bits per heavy atom. The van der Waals surface area contributed by atoms with Crippen molar-refractivity contribution in [2.24, 2.45) is 0 Å². The zero-order valence-corrected chi connectivity index (χ0v) is 33.0. The second-order valence-electron chi connectivity index (χ2n) is 13.7. The average molecular weight is 800 g/mol. The summed E-state index contributed by atoms with van der Waals surface area (Å²) >= 11 is -2.69. The van der Waals surface area contributed by atoms with E-state index in [1.54, 1.807) is 22.3 Å². The number of fused-ring (bicyclic) bond motifs is 2. The van der Waals surface area contributed by atoms with Crippen LogP contribution in [0.3, 0.4) is 0 Å². The molecule has 0 spiro atoms. The van der Waals surface area contributed by atoms with E-state index >= 15 is 0 Å². The molecule has 6 aromatic rings. The summed E-state index contributed by atoms with van der Waals surface area (Å²) in [5.74, 6) is -1.10. The third-order valence-corrected chi connectivity index (χ3v) is 41.0. The van der Waals surface area contributed by atoms with Crippen LogP contribution in [0.25, 0.3) is 45.6 Å². The minimum atomic E-state index is -2.69. The molecule has 0 N–H and O–H groups in total. The topological polar surface area (TPSA) is 0 Å². The molecule has 2 atom stereocenters. The Balaban J connectivity index is 1.37. The molecule has 0 radical (unpaired) electrons. The first kappa shape index (κ1) is 31.2. The van der Waals surface area contributed by atoms with Crippen molar-refractivity contribution >= 4 is 29.3 Å². The van der Waals surface area contributed by atoms with E-state index in [1.165, 1.54) is 55.6 Å². The Hall–Kier alpha value is -4.11. The van der Waals surface area contributed by atoms with Crippen molar-refractivity contribution in [3.63, 3.8) is 0 Å². The number of rotatable bonds is 7. The van der Waals surface area contributed by atoms with Crippen LogP contribution in [0.2, 0.25) is 13.1 Å². The van der Waals surface area contributed by atoms with Gasteiger partial charge in [-0.1, -0.05) is 0 Å². The van der Waals surface area contributed by atoms with Gasteiger partial charge in [-0.05, 0) is 0 Å². The molecule has 0 bridgehead atoms. The van der Waals surface area contributed by atoms with E-state index in [2.05, 4.69) is 185 Å². The van der Waals surface area contributed by atoms with Crippen molar-refractivity contribution in [2.45, 2.75) is 34.3 Å². The van der Waals surface area contributed by atoms with Gasteiger partial charge in [0.05, 0.1) is 0 Å². The summed E-state index contributed by atoms with van der Waals surface area (Å²) in [6.07, 6.45) is 5.20. The Kier molecular flexibility index (Phi) is 8.49. The average Bonchev–Trinajstić information content (AvgIpc) is 3.69. The number of hydrogen-bond donors (Lipinski definition) is 0. The van der Waals surface area contributed by atoms with Crippen molar-refractivity contribution in [3.05, 3.63) is 190 Å². The first-order valence-corrected chi connectivity index (χ1v) is 30.6. The summed E-state index contributed by atoms with van der Waals surface area (Å²) in [6, 6.07) is 54.9. The van der Waals surface area contributed by atoms with Crippen LogP contribution in [0.1, 0.15) is 51.9 Å². The van der Waals surface area contributed by atoms with Gasteiger partial charge >= 0.3 is 297 Å². The van der Waals surface area contributed by atoms with Gasteiger partial charge in [0.2, 0.25) is 0 Å². The van der Waals surface area contributed by atoms with Gasteiger partial charge in [-0.2, -0.15) is 0 Å². The van der Waals surface area contributed by atoms with Crippen LogP contribution >= 0.6 is 0 Å². The van der Waals surface area contributed by atoms with Crippen molar-refractivity contribution in [2.75, 3.05) is 0 Å². The zero-order chi connectivity index (χ0) is 32.8. The summed E-state index contributed by atoms with van der Waals surface area (Å²) in [4.78, 5) is 0. The fraction of sp³-hybridized carbons (Fsp3) is 0.130. The van der Waals surface area contributed by atoms with Crippen LogP contribution in [0, 0.1) is 13.8 Å². The summed E-state index contributed by atoms with van der Waals surface area (Å²) in [5, 5.41) is 0. The molecular weight excluding hydrogens is 759 g/mol. The van der Waals surface area contributed by atoms with Crippen LogP contribution in [-0.2, 0) is 20.6 Å². The molecule has 48 heavy (non-hydrogen) atoms. The van der Waals surface area contributed by atoms with Crippen molar-refractivity contribution in [1.82, 2.24) is 0 Å². The second-order valence-corrected chi connectivity index (χ2v) is 41.7. The van der Waals surface area contributed by atoms with E-state index in [9.17, 15) is 0 Å². The van der Waals surface area contributed by atoms with Gasteiger partial charge < -0.3 is 0 Å². The molecule has 8 rings (SSSR count). The van der Waals surface area contributed by atoms with E-state index in [4.69, 9.17) is 0 Å². The first-order valence-electron chi connectivity index (χ1n) is 17.3. The van der Waals surface area contributed by atoms with E-state index in [-0.39, 0.29) is 0 Å². The summed E-state index contributed by atoms with van der Waals surface area (Å²) in [5.41, 5.74) is 20.1. The maximum atomic E-state index is 2.68. The van der Waals surface area contributed by atoms with E-state index in [1.807, 2.05) is 0 Å². The fourth-order valence-electron chi connectivity index (χ4n) is 8.34. The predicted octanol–water partition coefficient (Wildman–Crippen LogP) is 12.1. The van der Waals surface area contributed by atoms with Crippen LogP contribution in [0.5, 0.6) is 0 Å². The first-order chi connectivity index (χ1) is 23.5. The predicted molar refractivity (Wildman–Crippen MR) is 206 cm³/mol. The molecule has 0 heterocycles. The maximum absolute atomic E-state index is 2.69. The summed E-state index contributed by atoms with van der Waals surface area (Å²) in [6.45, 7) is 9.87. The molecule has 0 aromatic heterocycles. The van der Waals surface area contributed by atoms with Gasteiger partial charge in [-0.25, -0.2) is 0 Å². The fourth-order valence-corrected chi connectivity index (χ4v) is 39.9. The zero-order valence-electron chi connectivity index (χ0n) is 28.2. The SMILES string of the molecule is Cc1ccccc1-c1cccc2c1C=C(c1ccccc1)[CH]2[Hf]([CH]1C(c2ccccc2)=Cc2c(-c3ccccc3C)cccc21)[SiH](C)C. The molecule has 233 valence electrons. The van der Waals surface area contributed by atoms with Gasteiger partial charge in [0.15, 0.2) is 0 Å². The van der Waals surface area contributed by atoms with Gasteiger partial charge in [-0.15, -0.1) is 0 Å². The molecule has 2 aliphatic rings. The molecule has 0 saturated heterocycles. The van der Waals surface area contributed by atoms with Crippen LogP contribution in [0.4, 0.5) is 0 Å². The molecule has 2 unspecified atom stereocenters. The Morgan fingerprint density at radius 1 is 0.417 bits per heavy atom. The molecule has 0 amide bonds. The minimum absolute atomic E-state index is 0.508. The molecule has 0 nitrogen and oxygen atoms in total. The standard InChI is InChI=1S/2C22H17.C2H7Si.Hf/c2*1-16-8-5-6-12-20(16)21-13-7-11-18-14-19(15-22(18)21)17-9-3-2-4-10-17;1-3-2;/h2*2-15H,1H3;3H,1-2H3;. The number of hydrogen-bond acceptors (Lipinski definition) is 0. The molecular formula is C46H41HfSi. The Bertz CT molecular complexity index is 2040. The molecule has 0 saturated carbocycles. The van der Waals surface area contributed by atoms with Gasteiger partial charge in [0.1, 0.15) is 0 Å². The normalized spacial score (nSPS) is 16.4. The molecule has 6 aromatic carbocycles. The van der Waals surface area contributed by atoms with E-state index < -0.39 is 26.6 Å². The van der Waals surface area contributed by atoms with E-state index in [0.29, 0.717) is 7.35 Å². The Labute approximate surface area is 294 Å². The summed E-state index contributed by atoms with van der Waals surface area (Å²) in [7, 11) is 0. The van der Waals surface area contributed by atoms with Crippen LogP contribution in [-0.4, -0.2) is 5.98 Å². The number of allylic oxidation sites excluding steroid dienone is 2. The third kappa shape index (κ3) is 5.40. The number of aryl methyl sites for hydroxylation is 2. The number of benzene rings is 6.